The number of hydrogen-bond donors (Lipinski definition) is 2. The zero-order valence-electron chi connectivity index (χ0n) is 9.30. The molecular formula is C10H7Cl2N5O2. The SMILES string of the molecule is Nc1ncc([N+](=O)[O-])c(Nc2ccc(Cl)c(Cl)c2)n1. The van der Waals surface area contributed by atoms with Gasteiger partial charge in [-0.25, -0.2) is 4.98 Å². The van der Waals surface area contributed by atoms with Crippen LogP contribution in [0.1, 0.15) is 0 Å². The molecule has 7 nitrogen and oxygen atoms in total. The van der Waals surface area contributed by atoms with Gasteiger partial charge in [0, 0.05) is 5.69 Å². The van der Waals surface area contributed by atoms with Crippen LogP contribution in [0.3, 0.4) is 0 Å². The number of rotatable bonds is 3. The molecule has 0 saturated carbocycles. The van der Waals surface area contributed by atoms with E-state index in [0.717, 1.165) is 6.20 Å². The van der Waals surface area contributed by atoms with Gasteiger partial charge in [0.25, 0.3) is 0 Å². The minimum absolute atomic E-state index is 0.0177. The molecule has 3 N–H and O–H groups in total. The molecule has 1 heterocycles. The summed E-state index contributed by atoms with van der Waals surface area (Å²) in [4.78, 5) is 17.6. The van der Waals surface area contributed by atoms with Crippen molar-refractivity contribution >= 4 is 46.3 Å². The van der Waals surface area contributed by atoms with Crippen molar-refractivity contribution in [1.29, 1.82) is 0 Å². The van der Waals surface area contributed by atoms with Crippen molar-refractivity contribution in [2.75, 3.05) is 11.1 Å². The van der Waals surface area contributed by atoms with Crippen molar-refractivity contribution in [3.63, 3.8) is 0 Å². The van der Waals surface area contributed by atoms with Crippen LogP contribution in [0.4, 0.5) is 23.1 Å². The molecule has 0 unspecified atom stereocenters. The minimum Gasteiger partial charge on any atom is -0.368 e. The van der Waals surface area contributed by atoms with E-state index in [2.05, 4.69) is 15.3 Å². The molecule has 0 amide bonds. The number of hydrogen-bond acceptors (Lipinski definition) is 6. The summed E-state index contributed by atoms with van der Waals surface area (Å²) in [6.07, 6.45) is 1.03. The van der Waals surface area contributed by atoms with Crippen LogP contribution in [-0.2, 0) is 0 Å². The van der Waals surface area contributed by atoms with Crippen molar-refractivity contribution in [3.05, 3.63) is 44.6 Å². The van der Waals surface area contributed by atoms with E-state index in [1.165, 1.54) is 6.07 Å². The summed E-state index contributed by atoms with van der Waals surface area (Å²) in [5.41, 5.74) is 5.61. The maximum Gasteiger partial charge on any atom is 0.329 e. The van der Waals surface area contributed by atoms with Gasteiger partial charge in [-0.2, -0.15) is 4.98 Å². The average molecular weight is 300 g/mol. The number of nitrogen functional groups attached to an aromatic ring is 1. The number of nitrogens with two attached hydrogens (primary N) is 1. The maximum atomic E-state index is 10.8. The average Bonchev–Trinajstić information content (AvgIpc) is 2.33. The molecule has 9 heteroatoms. The highest BCUT2D eigenvalue weighted by Gasteiger charge is 2.17. The molecule has 0 fully saturated rings. The molecule has 19 heavy (non-hydrogen) atoms. The topological polar surface area (TPSA) is 107 Å². The molecule has 0 bridgehead atoms. The van der Waals surface area contributed by atoms with Crippen LogP contribution in [0.2, 0.25) is 10.0 Å². The summed E-state index contributed by atoms with van der Waals surface area (Å²) in [7, 11) is 0. The molecule has 1 aromatic heterocycles. The van der Waals surface area contributed by atoms with Gasteiger partial charge in [-0.05, 0) is 18.2 Å². The Balaban J connectivity index is 2.39. The van der Waals surface area contributed by atoms with Crippen LogP contribution < -0.4 is 11.1 Å². The van der Waals surface area contributed by atoms with E-state index in [9.17, 15) is 10.1 Å². The number of nitrogens with one attached hydrogen (secondary N) is 1. The van der Waals surface area contributed by atoms with E-state index in [1.54, 1.807) is 12.1 Å². The van der Waals surface area contributed by atoms with E-state index < -0.39 is 4.92 Å². The first kappa shape index (κ1) is 13.3. The fourth-order valence-electron chi connectivity index (χ4n) is 1.33. The molecule has 0 atom stereocenters. The molecule has 98 valence electrons. The van der Waals surface area contributed by atoms with Crippen molar-refractivity contribution in [2.45, 2.75) is 0 Å². The normalized spacial score (nSPS) is 10.2. The van der Waals surface area contributed by atoms with Gasteiger partial charge in [0.05, 0.1) is 15.0 Å². The van der Waals surface area contributed by atoms with E-state index in [4.69, 9.17) is 28.9 Å². The first-order valence-electron chi connectivity index (χ1n) is 4.96. The van der Waals surface area contributed by atoms with E-state index in [0.29, 0.717) is 15.7 Å². The smallest absolute Gasteiger partial charge is 0.329 e. The minimum atomic E-state index is -0.612. The van der Waals surface area contributed by atoms with Gasteiger partial charge < -0.3 is 11.1 Å². The maximum absolute atomic E-state index is 10.8. The van der Waals surface area contributed by atoms with Gasteiger partial charge in [0.2, 0.25) is 11.8 Å². The Kier molecular flexibility index (Phi) is 3.68. The van der Waals surface area contributed by atoms with Crippen molar-refractivity contribution < 1.29 is 4.92 Å². The number of benzene rings is 1. The van der Waals surface area contributed by atoms with Gasteiger partial charge in [-0.3, -0.25) is 10.1 Å². The Hall–Kier alpha value is -2.12. The first-order valence-corrected chi connectivity index (χ1v) is 5.72. The summed E-state index contributed by atoms with van der Waals surface area (Å²) < 4.78 is 0. The fraction of sp³-hybridized carbons (Fsp3) is 0. The highest BCUT2D eigenvalue weighted by Crippen LogP contribution is 2.29. The molecule has 0 radical (unpaired) electrons. The highest BCUT2D eigenvalue weighted by molar-refractivity contribution is 6.42. The fourth-order valence-corrected chi connectivity index (χ4v) is 1.62. The van der Waals surface area contributed by atoms with E-state index in [1.807, 2.05) is 0 Å². The zero-order chi connectivity index (χ0) is 14.0. The third-order valence-corrected chi connectivity index (χ3v) is 2.91. The monoisotopic (exact) mass is 299 g/mol. The second-order valence-corrected chi connectivity index (χ2v) is 4.29. The number of nitro groups is 1. The number of aromatic nitrogens is 2. The molecule has 0 aliphatic heterocycles. The lowest BCUT2D eigenvalue weighted by atomic mass is 10.3. The summed E-state index contributed by atoms with van der Waals surface area (Å²) in [6, 6.07) is 4.69. The Bertz CT molecular complexity index is 650. The second kappa shape index (κ2) is 5.25. The molecule has 0 aliphatic carbocycles. The molecule has 2 rings (SSSR count). The van der Waals surface area contributed by atoms with Crippen molar-refractivity contribution in [1.82, 2.24) is 9.97 Å². The molecular weight excluding hydrogens is 293 g/mol. The summed E-state index contributed by atoms with van der Waals surface area (Å²) in [5, 5.41) is 14.3. The van der Waals surface area contributed by atoms with Crippen molar-refractivity contribution in [2.24, 2.45) is 0 Å². The lowest BCUT2D eigenvalue weighted by Crippen LogP contribution is -2.04. The van der Waals surface area contributed by atoms with Crippen LogP contribution in [-0.4, -0.2) is 14.9 Å². The lowest BCUT2D eigenvalue weighted by Gasteiger charge is -2.07. The van der Waals surface area contributed by atoms with E-state index >= 15 is 0 Å². The van der Waals surface area contributed by atoms with Crippen molar-refractivity contribution in [3.8, 4) is 0 Å². The largest absolute Gasteiger partial charge is 0.368 e. The molecule has 0 spiro atoms. The lowest BCUT2D eigenvalue weighted by molar-refractivity contribution is -0.384. The summed E-state index contributed by atoms with van der Waals surface area (Å²) in [5.74, 6) is -0.0935. The predicted octanol–water partition coefficient (Wildman–Crippen LogP) is 3.02. The number of halogens is 2. The Morgan fingerprint density at radius 3 is 2.68 bits per heavy atom. The standard InChI is InChI=1S/C10H7Cl2N5O2/c11-6-2-1-5(3-7(6)12)15-9-8(17(18)19)4-14-10(13)16-9/h1-4H,(H3,13,14,15,16). The molecule has 0 saturated heterocycles. The first-order chi connectivity index (χ1) is 8.97. The Labute approximate surface area is 117 Å². The molecule has 2 aromatic rings. The quantitative estimate of drug-likeness (QED) is 0.666. The van der Waals surface area contributed by atoms with Crippen LogP contribution >= 0.6 is 23.2 Å². The zero-order valence-corrected chi connectivity index (χ0v) is 10.8. The third-order valence-electron chi connectivity index (χ3n) is 2.17. The van der Waals surface area contributed by atoms with Gasteiger partial charge in [0.1, 0.15) is 6.20 Å². The van der Waals surface area contributed by atoms with Gasteiger partial charge >= 0.3 is 5.69 Å². The summed E-state index contributed by atoms with van der Waals surface area (Å²) >= 11 is 11.6. The Morgan fingerprint density at radius 2 is 2.05 bits per heavy atom. The molecule has 1 aromatic carbocycles. The second-order valence-electron chi connectivity index (χ2n) is 3.47. The number of anilines is 3. The van der Waals surface area contributed by atoms with Gasteiger partial charge in [-0.15, -0.1) is 0 Å². The van der Waals surface area contributed by atoms with Crippen LogP contribution in [0.15, 0.2) is 24.4 Å². The van der Waals surface area contributed by atoms with Gasteiger partial charge in [-0.1, -0.05) is 23.2 Å². The number of nitrogens with zero attached hydrogens (tertiary/aromatic N) is 3. The summed E-state index contributed by atoms with van der Waals surface area (Å²) in [6.45, 7) is 0. The highest BCUT2D eigenvalue weighted by atomic mass is 35.5. The Morgan fingerprint density at radius 1 is 1.32 bits per heavy atom. The van der Waals surface area contributed by atoms with Crippen LogP contribution in [0.25, 0.3) is 0 Å². The third kappa shape index (κ3) is 3.01. The van der Waals surface area contributed by atoms with Crippen LogP contribution in [0, 0.1) is 10.1 Å². The predicted molar refractivity (Wildman–Crippen MR) is 72.8 cm³/mol. The van der Waals surface area contributed by atoms with E-state index in [-0.39, 0.29) is 17.5 Å². The van der Waals surface area contributed by atoms with Gasteiger partial charge in [0.15, 0.2) is 0 Å². The molecule has 0 aliphatic rings. The van der Waals surface area contributed by atoms with Crippen LogP contribution in [0.5, 0.6) is 0 Å².